The van der Waals surface area contributed by atoms with Crippen molar-refractivity contribution in [3.63, 3.8) is 0 Å². The average Bonchev–Trinajstić information content (AvgIpc) is 2.66. The molecule has 0 saturated heterocycles. The maximum atomic E-state index is 3.81. The molecule has 1 aliphatic rings. The van der Waals surface area contributed by atoms with Gasteiger partial charge >= 0.3 is 0 Å². The molecule has 2 aromatic carbocycles. The van der Waals surface area contributed by atoms with E-state index >= 15 is 0 Å². The normalized spacial score (nSPS) is 13.2. The molecule has 0 spiro atoms. The summed E-state index contributed by atoms with van der Waals surface area (Å²) in [6.45, 7) is 4.64. The van der Waals surface area contributed by atoms with Crippen LogP contribution in [0.4, 0.5) is 11.4 Å². The fourth-order valence-corrected chi connectivity index (χ4v) is 2.24. The van der Waals surface area contributed by atoms with Crippen molar-refractivity contribution in [2.45, 2.75) is 0 Å². The van der Waals surface area contributed by atoms with Crippen LogP contribution in [0.15, 0.2) is 55.1 Å². The van der Waals surface area contributed by atoms with E-state index in [0.29, 0.717) is 0 Å². The lowest BCUT2D eigenvalue weighted by molar-refractivity contribution is 0.786. The molecule has 76 valence electrons. The van der Waals surface area contributed by atoms with Gasteiger partial charge < -0.3 is 0 Å². The second-order valence-corrected chi connectivity index (χ2v) is 3.85. The third-order valence-corrected chi connectivity index (χ3v) is 2.90. The maximum absolute atomic E-state index is 3.81. The van der Waals surface area contributed by atoms with Crippen LogP contribution in [0.2, 0.25) is 0 Å². The van der Waals surface area contributed by atoms with E-state index in [2.05, 4.69) is 47.9 Å². The van der Waals surface area contributed by atoms with Crippen molar-refractivity contribution >= 4 is 11.4 Å². The first-order chi connectivity index (χ1) is 7.92. The van der Waals surface area contributed by atoms with Gasteiger partial charge in [-0.2, -0.15) is 0 Å². The van der Waals surface area contributed by atoms with Gasteiger partial charge in [0.15, 0.2) is 12.2 Å². The van der Waals surface area contributed by atoms with Crippen LogP contribution < -0.4 is 4.90 Å². The molecular weight excluding hydrogens is 194 g/mol. The summed E-state index contributed by atoms with van der Waals surface area (Å²) in [4.78, 5) is 2.25. The number of nitrogens with zero attached hydrogens (tertiary/aromatic N) is 1. The van der Waals surface area contributed by atoms with E-state index in [1.807, 2.05) is 18.2 Å². The molecule has 0 amide bonds. The summed E-state index contributed by atoms with van der Waals surface area (Å²) < 4.78 is 0. The van der Waals surface area contributed by atoms with Gasteiger partial charge in [0.05, 0.1) is 17.2 Å². The number of benzene rings is 2. The fourth-order valence-electron chi connectivity index (χ4n) is 2.24. The summed E-state index contributed by atoms with van der Waals surface area (Å²) in [7, 11) is 0. The summed E-state index contributed by atoms with van der Waals surface area (Å²) in [5.74, 6) is 0. The zero-order valence-corrected chi connectivity index (χ0v) is 8.98. The van der Waals surface area contributed by atoms with Crippen LogP contribution >= 0.6 is 0 Å². The van der Waals surface area contributed by atoms with Gasteiger partial charge in [0.2, 0.25) is 5.69 Å². The fraction of sp³-hybridized carbons (Fsp3) is 0.0667. The van der Waals surface area contributed by atoms with Crippen molar-refractivity contribution < 1.29 is 0 Å². The zero-order valence-electron chi connectivity index (χ0n) is 8.98. The van der Waals surface area contributed by atoms with E-state index in [9.17, 15) is 0 Å². The van der Waals surface area contributed by atoms with Gasteiger partial charge in [-0.05, 0) is 24.3 Å². The van der Waals surface area contributed by atoms with Crippen LogP contribution in [0.1, 0.15) is 0 Å². The van der Waals surface area contributed by atoms with E-state index in [1.54, 1.807) is 0 Å². The first kappa shape index (κ1) is 9.37. The molecule has 0 saturated carbocycles. The van der Waals surface area contributed by atoms with Crippen LogP contribution in [-0.4, -0.2) is 6.54 Å². The third kappa shape index (κ3) is 1.22. The van der Waals surface area contributed by atoms with Crippen LogP contribution in [-0.2, 0) is 0 Å². The van der Waals surface area contributed by atoms with Gasteiger partial charge in [0.1, 0.15) is 0 Å². The van der Waals surface area contributed by atoms with E-state index in [-0.39, 0.29) is 0 Å². The van der Waals surface area contributed by atoms with E-state index in [1.165, 1.54) is 16.8 Å². The van der Waals surface area contributed by atoms with Crippen molar-refractivity contribution in [2.75, 3.05) is 6.54 Å². The molecule has 3 rings (SSSR count). The van der Waals surface area contributed by atoms with Crippen molar-refractivity contribution in [1.82, 2.24) is 4.90 Å². The molecule has 1 heterocycles. The Balaban J connectivity index is 2.25. The molecule has 1 heteroatoms. The quantitative estimate of drug-likeness (QED) is 0.521. The molecular formula is C15H12N+. The number of fused-ring (bicyclic) bond motifs is 3. The Labute approximate surface area is 95.6 Å². The average molecular weight is 206 g/mol. The van der Waals surface area contributed by atoms with Gasteiger partial charge in [-0.3, -0.25) is 0 Å². The monoisotopic (exact) mass is 206 g/mol. The van der Waals surface area contributed by atoms with Crippen LogP contribution in [0.25, 0.3) is 11.1 Å². The van der Waals surface area contributed by atoms with Crippen LogP contribution in [0.3, 0.4) is 0 Å². The highest BCUT2D eigenvalue weighted by Gasteiger charge is 2.35. The summed E-state index contributed by atoms with van der Waals surface area (Å²) in [5, 5.41) is 0. The number of para-hydroxylation sites is 2. The molecule has 0 aromatic heterocycles. The van der Waals surface area contributed by atoms with E-state index < -0.39 is 0 Å². The Morgan fingerprint density at radius 3 is 2.81 bits per heavy atom. The van der Waals surface area contributed by atoms with Gasteiger partial charge in [0.25, 0.3) is 0 Å². The minimum absolute atomic E-state index is 0.824. The topological polar surface area (TPSA) is 5.90 Å². The summed E-state index contributed by atoms with van der Waals surface area (Å²) in [5.41, 5.74) is 4.96. The highest BCUT2D eigenvalue weighted by molar-refractivity contribution is 5.91. The van der Waals surface area contributed by atoms with Crippen molar-refractivity contribution in [1.29, 1.82) is 0 Å². The number of hydrogen-bond donors (Lipinski definition) is 0. The molecule has 2 radical (unpaired) electrons. The Bertz CT molecular complexity index is 497. The lowest BCUT2D eigenvalue weighted by Crippen LogP contribution is -2.15. The lowest BCUT2D eigenvalue weighted by atomic mass is 10.1. The van der Waals surface area contributed by atoms with Gasteiger partial charge in [-0.1, -0.05) is 29.7 Å². The Kier molecular flexibility index (Phi) is 2.12. The summed E-state index contributed by atoms with van der Waals surface area (Å²) in [6, 6.07) is 17.9. The minimum atomic E-state index is 0.824. The SMILES string of the molecule is C=CC[N+]1c2[c]cccc2-c2ccccc21. The highest BCUT2D eigenvalue weighted by atomic mass is 15.2. The van der Waals surface area contributed by atoms with E-state index in [4.69, 9.17) is 0 Å². The Hall–Kier alpha value is -1.86. The molecule has 0 aliphatic carbocycles. The Morgan fingerprint density at radius 1 is 1.12 bits per heavy atom. The minimum Gasteiger partial charge on any atom is -0.0973 e. The maximum Gasteiger partial charge on any atom is 0.203 e. The van der Waals surface area contributed by atoms with Gasteiger partial charge in [-0.15, -0.1) is 0 Å². The molecule has 0 N–H and O–H groups in total. The first-order valence-electron chi connectivity index (χ1n) is 5.40. The predicted octanol–water partition coefficient (Wildman–Crippen LogP) is 3.76. The van der Waals surface area contributed by atoms with Crippen LogP contribution in [0.5, 0.6) is 0 Å². The second kappa shape index (κ2) is 3.62. The molecule has 0 bridgehead atoms. The first-order valence-corrected chi connectivity index (χ1v) is 5.40. The molecule has 2 aromatic rings. The largest absolute Gasteiger partial charge is 0.203 e. The van der Waals surface area contributed by atoms with E-state index in [0.717, 1.165) is 12.2 Å². The molecule has 16 heavy (non-hydrogen) atoms. The molecule has 0 unspecified atom stereocenters. The molecule has 1 nitrogen and oxygen atoms in total. The third-order valence-electron chi connectivity index (χ3n) is 2.90. The number of hydrogen-bond acceptors (Lipinski definition) is 1. The zero-order chi connectivity index (χ0) is 11.0. The molecule has 1 aliphatic heterocycles. The second-order valence-electron chi connectivity index (χ2n) is 3.85. The number of anilines is 2. The number of rotatable bonds is 2. The lowest BCUT2D eigenvalue weighted by Gasteiger charge is -2.02. The smallest absolute Gasteiger partial charge is 0.0973 e. The van der Waals surface area contributed by atoms with Gasteiger partial charge in [-0.25, -0.2) is 0 Å². The summed E-state index contributed by atoms with van der Waals surface area (Å²) >= 11 is 0. The summed E-state index contributed by atoms with van der Waals surface area (Å²) in [6.07, 6.45) is 1.92. The molecule has 0 atom stereocenters. The van der Waals surface area contributed by atoms with Crippen molar-refractivity contribution in [3.05, 3.63) is 61.2 Å². The highest BCUT2D eigenvalue weighted by Crippen LogP contribution is 2.46. The van der Waals surface area contributed by atoms with Crippen LogP contribution in [0, 0.1) is 6.07 Å². The van der Waals surface area contributed by atoms with Gasteiger partial charge in [0, 0.05) is 6.07 Å². The molecule has 0 fully saturated rings. The standard InChI is InChI=1S/C15H12N/c1-2-11-16-14-9-5-3-7-12(14)13-8-4-6-10-15(13)16/h2-9H,1,11H2/q+1. The predicted molar refractivity (Wildman–Crippen MR) is 67.2 cm³/mol. The van der Waals surface area contributed by atoms with Crippen molar-refractivity contribution in [3.8, 4) is 11.1 Å². The Morgan fingerprint density at radius 2 is 1.94 bits per heavy atom. The van der Waals surface area contributed by atoms with Crippen molar-refractivity contribution in [2.24, 2.45) is 0 Å².